The van der Waals surface area contributed by atoms with Gasteiger partial charge in [-0.3, -0.25) is 9.69 Å². The van der Waals surface area contributed by atoms with Crippen molar-refractivity contribution in [2.45, 2.75) is 25.9 Å². The molecule has 5 heteroatoms. The zero-order valence-electron chi connectivity index (χ0n) is 11.6. The quantitative estimate of drug-likeness (QED) is 0.826. The minimum atomic E-state index is -0.529. The molecule has 1 aromatic rings. The maximum atomic E-state index is 13.1. The number of carbonyl (C=O) groups excluding carboxylic acids is 1. The smallest absolute Gasteiger partial charge is 0.180 e. The standard InChI is InChI=1S/C15H20FNO3/c1-10(18)11-4-6-17(7-5-11)9-15(20)13-8-12(16)2-3-14(13)19/h2-3,8,10-11,18-19H,4-7,9H2,1H3. The second kappa shape index (κ2) is 6.33. The van der Waals surface area contributed by atoms with E-state index in [9.17, 15) is 19.4 Å². The van der Waals surface area contributed by atoms with Gasteiger partial charge in [0.05, 0.1) is 18.2 Å². The molecular weight excluding hydrogens is 261 g/mol. The Morgan fingerprint density at radius 3 is 2.70 bits per heavy atom. The monoisotopic (exact) mass is 281 g/mol. The summed E-state index contributed by atoms with van der Waals surface area (Å²) in [4.78, 5) is 14.1. The molecule has 1 aliphatic rings. The van der Waals surface area contributed by atoms with Crippen LogP contribution in [0.4, 0.5) is 4.39 Å². The predicted octanol–water partition coefficient (Wildman–Crippen LogP) is 1.81. The Labute approximate surface area is 117 Å². The van der Waals surface area contributed by atoms with Gasteiger partial charge in [-0.05, 0) is 57.0 Å². The average molecular weight is 281 g/mol. The summed E-state index contributed by atoms with van der Waals surface area (Å²) >= 11 is 0. The van der Waals surface area contributed by atoms with Gasteiger partial charge in [0.25, 0.3) is 0 Å². The van der Waals surface area contributed by atoms with Gasteiger partial charge in [-0.2, -0.15) is 0 Å². The van der Waals surface area contributed by atoms with Crippen molar-refractivity contribution in [2.24, 2.45) is 5.92 Å². The predicted molar refractivity (Wildman–Crippen MR) is 73.2 cm³/mol. The summed E-state index contributed by atoms with van der Waals surface area (Å²) in [6.45, 7) is 3.43. The zero-order valence-corrected chi connectivity index (χ0v) is 11.6. The van der Waals surface area contributed by atoms with Crippen LogP contribution in [0.3, 0.4) is 0 Å². The summed E-state index contributed by atoms with van der Waals surface area (Å²) in [5, 5.41) is 19.1. The van der Waals surface area contributed by atoms with Gasteiger partial charge in [0.2, 0.25) is 0 Å². The van der Waals surface area contributed by atoms with E-state index >= 15 is 0 Å². The number of rotatable bonds is 4. The number of Topliss-reactive ketones (excluding diaryl/α,β-unsaturated/α-hetero) is 1. The Balaban J connectivity index is 1.94. The normalized spacial score (nSPS) is 18.9. The number of phenolic OH excluding ortho intramolecular Hbond substituents is 1. The number of phenols is 1. The highest BCUT2D eigenvalue weighted by Gasteiger charge is 2.24. The van der Waals surface area contributed by atoms with Gasteiger partial charge < -0.3 is 10.2 Å². The SMILES string of the molecule is CC(O)C1CCN(CC(=O)c2cc(F)ccc2O)CC1. The molecule has 0 bridgehead atoms. The van der Waals surface area contributed by atoms with E-state index in [1.54, 1.807) is 6.92 Å². The molecule has 0 radical (unpaired) electrons. The van der Waals surface area contributed by atoms with Crippen molar-refractivity contribution in [3.63, 3.8) is 0 Å². The van der Waals surface area contributed by atoms with Gasteiger partial charge in [-0.1, -0.05) is 0 Å². The maximum Gasteiger partial charge on any atom is 0.180 e. The Bertz CT molecular complexity index is 482. The molecule has 4 nitrogen and oxygen atoms in total. The van der Waals surface area contributed by atoms with Crippen molar-refractivity contribution in [1.82, 2.24) is 4.90 Å². The van der Waals surface area contributed by atoms with Crippen molar-refractivity contribution in [3.05, 3.63) is 29.6 Å². The van der Waals surface area contributed by atoms with Gasteiger partial charge in [-0.15, -0.1) is 0 Å². The second-order valence-electron chi connectivity index (χ2n) is 5.44. The van der Waals surface area contributed by atoms with Crippen LogP contribution in [0, 0.1) is 11.7 Å². The fourth-order valence-corrected chi connectivity index (χ4v) is 2.61. The van der Waals surface area contributed by atoms with E-state index in [1.165, 1.54) is 6.07 Å². The summed E-state index contributed by atoms with van der Waals surface area (Å²) in [7, 11) is 0. The summed E-state index contributed by atoms with van der Waals surface area (Å²) in [6.07, 6.45) is 1.38. The van der Waals surface area contributed by atoms with Crippen molar-refractivity contribution in [2.75, 3.05) is 19.6 Å². The molecule has 1 aromatic carbocycles. The first-order valence-corrected chi connectivity index (χ1v) is 6.89. The lowest BCUT2D eigenvalue weighted by Gasteiger charge is -2.32. The van der Waals surface area contributed by atoms with Crippen molar-refractivity contribution in [3.8, 4) is 5.75 Å². The molecule has 2 rings (SSSR count). The van der Waals surface area contributed by atoms with Crippen LogP contribution < -0.4 is 0 Å². The van der Waals surface area contributed by atoms with E-state index in [0.717, 1.165) is 38.1 Å². The highest BCUT2D eigenvalue weighted by atomic mass is 19.1. The van der Waals surface area contributed by atoms with Crippen molar-refractivity contribution >= 4 is 5.78 Å². The number of nitrogens with zero attached hydrogens (tertiary/aromatic N) is 1. The first-order chi connectivity index (χ1) is 9.47. The van der Waals surface area contributed by atoms with E-state index in [0.29, 0.717) is 0 Å². The number of aliphatic hydroxyl groups excluding tert-OH is 1. The Kier molecular flexibility index (Phi) is 4.73. The largest absolute Gasteiger partial charge is 0.507 e. The summed E-state index contributed by atoms with van der Waals surface area (Å²) < 4.78 is 13.1. The van der Waals surface area contributed by atoms with E-state index in [-0.39, 0.29) is 35.7 Å². The first kappa shape index (κ1) is 14.9. The molecule has 20 heavy (non-hydrogen) atoms. The fourth-order valence-electron chi connectivity index (χ4n) is 2.61. The number of carbonyl (C=O) groups is 1. The molecule has 1 aliphatic heterocycles. The lowest BCUT2D eigenvalue weighted by molar-refractivity contribution is 0.0663. The van der Waals surface area contributed by atoms with E-state index in [2.05, 4.69) is 0 Å². The molecule has 0 aromatic heterocycles. The molecule has 110 valence electrons. The molecule has 1 unspecified atom stereocenters. The number of ketones is 1. The van der Waals surface area contributed by atoms with Gasteiger partial charge >= 0.3 is 0 Å². The molecule has 1 heterocycles. The number of benzene rings is 1. The fraction of sp³-hybridized carbons (Fsp3) is 0.533. The molecule has 2 N–H and O–H groups in total. The molecule has 0 aliphatic carbocycles. The zero-order chi connectivity index (χ0) is 14.7. The summed E-state index contributed by atoms with van der Waals surface area (Å²) in [5.74, 6) is -0.712. The number of piperidine rings is 1. The van der Waals surface area contributed by atoms with Crippen LogP contribution in [-0.4, -0.2) is 46.6 Å². The van der Waals surface area contributed by atoms with Crippen LogP contribution in [0.5, 0.6) is 5.75 Å². The van der Waals surface area contributed by atoms with Gasteiger partial charge in [0.15, 0.2) is 5.78 Å². The van der Waals surface area contributed by atoms with Gasteiger partial charge in [0.1, 0.15) is 11.6 Å². The molecule has 0 spiro atoms. The highest BCUT2D eigenvalue weighted by molar-refractivity contribution is 6.00. The average Bonchev–Trinajstić information content (AvgIpc) is 2.42. The van der Waals surface area contributed by atoms with Crippen LogP contribution in [0.1, 0.15) is 30.1 Å². The number of aromatic hydroxyl groups is 1. The van der Waals surface area contributed by atoms with Crippen LogP contribution in [-0.2, 0) is 0 Å². The highest BCUT2D eigenvalue weighted by Crippen LogP contribution is 2.22. The van der Waals surface area contributed by atoms with E-state index in [1.807, 2.05) is 4.90 Å². The molecular formula is C15H20FNO3. The Morgan fingerprint density at radius 1 is 1.45 bits per heavy atom. The number of halogens is 1. The summed E-state index contributed by atoms with van der Waals surface area (Å²) in [6, 6.07) is 3.39. The first-order valence-electron chi connectivity index (χ1n) is 6.89. The minimum Gasteiger partial charge on any atom is -0.507 e. The second-order valence-corrected chi connectivity index (χ2v) is 5.44. The Morgan fingerprint density at radius 2 is 2.10 bits per heavy atom. The van der Waals surface area contributed by atoms with Crippen LogP contribution in [0.2, 0.25) is 0 Å². The molecule has 1 saturated heterocycles. The van der Waals surface area contributed by atoms with Gasteiger partial charge in [-0.25, -0.2) is 4.39 Å². The molecule has 0 saturated carbocycles. The van der Waals surface area contributed by atoms with Crippen LogP contribution in [0.15, 0.2) is 18.2 Å². The van der Waals surface area contributed by atoms with Gasteiger partial charge in [0, 0.05) is 0 Å². The van der Waals surface area contributed by atoms with Crippen LogP contribution in [0.25, 0.3) is 0 Å². The van der Waals surface area contributed by atoms with E-state index in [4.69, 9.17) is 0 Å². The summed E-state index contributed by atoms with van der Waals surface area (Å²) in [5.41, 5.74) is 0.0302. The van der Waals surface area contributed by atoms with Crippen LogP contribution >= 0.6 is 0 Å². The van der Waals surface area contributed by atoms with Crippen molar-refractivity contribution in [1.29, 1.82) is 0 Å². The van der Waals surface area contributed by atoms with E-state index < -0.39 is 5.82 Å². The maximum absolute atomic E-state index is 13.1. The number of likely N-dealkylation sites (tertiary alicyclic amines) is 1. The third-order valence-corrected chi connectivity index (χ3v) is 3.94. The topological polar surface area (TPSA) is 60.8 Å². The lowest BCUT2D eigenvalue weighted by Crippen LogP contribution is -2.39. The number of hydrogen-bond acceptors (Lipinski definition) is 4. The molecule has 1 fully saturated rings. The lowest BCUT2D eigenvalue weighted by atomic mass is 9.92. The third-order valence-electron chi connectivity index (χ3n) is 3.94. The molecule has 0 amide bonds. The third kappa shape index (κ3) is 3.55. The number of aliphatic hydroxyl groups is 1. The Hall–Kier alpha value is -1.46. The minimum absolute atomic E-state index is 0.0302. The van der Waals surface area contributed by atoms with Crippen molar-refractivity contribution < 1.29 is 19.4 Å². The number of hydrogen-bond donors (Lipinski definition) is 2. The molecule has 1 atom stereocenters.